The van der Waals surface area contributed by atoms with Crippen LogP contribution < -0.4 is 5.32 Å². The Morgan fingerprint density at radius 2 is 2.06 bits per heavy atom. The Morgan fingerprint density at radius 1 is 1.25 bits per heavy atom. The lowest BCUT2D eigenvalue weighted by Gasteiger charge is -2.14. The molecule has 0 amide bonds. The van der Waals surface area contributed by atoms with E-state index in [2.05, 4.69) is 27.3 Å². The first kappa shape index (κ1) is 11.3. The van der Waals surface area contributed by atoms with E-state index < -0.39 is 0 Å². The monoisotopic (exact) mass is 220 g/mol. The summed E-state index contributed by atoms with van der Waals surface area (Å²) < 4.78 is 0. The second-order valence-corrected chi connectivity index (χ2v) is 4.24. The molecule has 2 rings (SSSR count). The van der Waals surface area contributed by atoms with Gasteiger partial charge >= 0.3 is 0 Å². The zero-order chi connectivity index (χ0) is 11.2. The van der Waals surface area contributed by atoms with Gasteiger partial charge in [-0.05, 0) is 44.5 Å². The summed E-state index contributed by atoms with van der Waals surface area (Å²) >= 11 is 0. The number of anilines is 1. The highest BCUT2D eigenvalue weighted by atomic mass is 15.2. The van der Waals surface area contributed by atoms with E-state index in [1.54, 1.807) is 0 Å². The Balaban J connectivity index is 1.71. The smallest absolute Gasteiger partial charge is 0.148 e. The first-order chi connectivity index (χ1) is 7.88. The SMILES string of the molecule is CCc1ccc(NCCN2CCCC2)nn1. The van der Waals surface area contributed by atoms with E-state index >= 15 is 0 Å². The molecule has 1 aromatic heterocycles. The molecular formula is C12H20N4. The van der Waals surface area contributed by atoms with Gasteiger partial charge in [-0.15, -0.1) is 5.10 Å². The average Bonchev–Trinajstić information content (AvgIpc) is 2.83. The summed E-state index contributed by atoms with van der Waals surface area (Å²) in [5, 5.41) is 11.6. The van der Waals surface area contributed by atoms with E-state index in [4.69, 9.17) is 0 Å². The van der Waals surface area contributed by atoms with Crippen molar-refractivity contribution < 1.29 is 0 Å². The van der Waals surface area contributed by atoms with Crippen LogP contribution in [0.25, 0.3) is 0 Å². The number of nitrogens with one attached hydrogen (secondary N) is 1. The van der Waals surface area contributed by atoms with Crippen LogP contribution in [-0.4, -0.2) is 41.3 Å². The molecule has 1 aliphatic rings. The van der Waals surface area contributed by atoms with E-state index in [1.165, 1.54) is 25.9 Å². The standard InChI is InChI=1S/C12H20N4/c1-2-11-5-6-12(15-14-11)13-7-10-16-8-3-4-9-16/h5-6H,2-4,7-10H2,1H3,(H,13,15). The molecule has 0 radical (unpaired) electrons. The van der Waals surface area contributed by atoms with Crippen LogP contribution in [0.15, 0.2) is 12.1 Å². The van der Waals surface area contributed by atoms with Crippen molar-refractivity contribution in [3.8, 4) is 0 Å². The highest BCUT2D eigenvalue weighted by molar-refractivity contribution is 5.32. The molecule has 0 bridgehead atoms. The van der Waals surface area contributed by atoms with Crippen molar-refractivity contribution in [2.75, 3.05) is 31.5 Å². The predicted octanol–water partition coefficient (Wildman–Crippen LogP) is 1.55. The number of rotatable bonds is 5. The molecule has 4 nitrogen and oxygen atoms in total. The molecule has 0 atom stereocenters. The Labute approximate surface area is 97.1 Å². The van der Waals surface area contributed by atoms with Crippen molar-refractivity contribution in [1.29, 1.82) is 0 Å². The fraction of sp³-hybridized carbons (Fsp3) is 0.667. The molecule has 16 heavy (non-hydrogen) atoms. The first-order valence-electron chi connectivity index (χ1n) is 6.17. The molecular weight excluding hydrogens is 200 g/mol. The summed E-state index contributed by atoms with van der Waals surface area (Å²) in [5.74, 6) is 0.886. The van der Waals surface area contributed by atoms with Gasteiger partial charge in [0.05, 0.1) is 5.69 Å². The van der Waals surface area contributed by atoms with Crippen LogP contribution in [0.2, 0.25) is 0 Å². The first-order valence-corrected chi connectivity index (χ1v) is 6.17. The molecule has 88 valence electrons. The predicted molar refractivity (Wildman–Crippen MR) is 65.6 cm³/mol. The molecule has 1 saturated heterocycles. The molecule has 1 aromatic rings. The summed E-state index contributed by atoms with van der Waals surface area (Å²) in [6.45, 7) is 6.66. The van der Waals surface area contributed by atoms with Crippen LogP contribution in [-0.2, 0) is 6.42 Å². The fourth-order valence-electron chi connectivity index (χ4n) is 1.99. The lowest BCUT2D eigenvalue weighted by Crippen LogP contribution is -2.26. The lowest BCUT2D eigenvalue weighted by molar-refractivity contribution is 0.352. The van der Waals surface area contributed by atoms with E-state index in [-0.39, 0.29) is 0 Å². The van der Waals surface area contributed by atoms with E-state index in [0.717, 1.165) is 31.0 Å². The number of hydrogen-bond acceptors (Lipinski definition) is 4. The van der Waals surface area contributed by atoms with Gasteiger partial charge in [-0.2, -0.15) is 5.10 Å². The van der Waals surface area contributed by atoms with Crippen molar-refractivity contribution in [2.24, 2.45) is 0 Å². The average molecular weight is 220 g/mol. The van der Waals surface area contributed by atoms with Gasteiger partial charge < -0.3 is 10.2 Å². The maximum absolute atomic E-state index is 4.13. The zero-order valence-corrected chi connectivity index (χ0v) is 9.95. The minimum Gasteiger partial charge on any atom is -0.367 e. The van der Waals surface area contributed by atoms with E-state index in [9.17, 15) is 0 Å². The zero-order valence-electron chi connectivity index (χ0n) is 9.95. The van der Waals surface area contributed by atoms with Gasteiger partial charge in [0.25, 0.3) is 0 Å². The summed E-state index contributed by atoms with van der Waals surface area (Å²) in [4.78, 5) is 2.49. The van der Waals surface area contributed by atoms with Crippen LogP contribution in [0, 0.1) is 0 Å². The maximum Gasteiger partial charge on any atom is 0.148 e. The topological polar surface area (TPSA) is 41.0 Å². The highest BCUT2D eigenvalue weighted by Gasteiger charge is 2.10. The molecule has 2 heterocycles. The summed E-state index contributed by atoms with van der Waals surface area (Å²) in [7, 11) is 0. The van der Waals surface area contributed by atoms with E-state index in [1.807, 2.05) is 12.1 Å². The summed E-state index contributed by atoms with van der Waals surface area (Å²) in [6.07, 6.45) is 3.65. The molecule has 0 saturated carbocycles. The Morgan fingerprint density at radius 3 is 2.69 bits per heavy atom. The van der Waals surface area contributed by atoms with Crippen molar-refractivity contribution >= 4 is 5.82 Å². The normalized spacial score (nSPS) is 16.6. The molecule has 4 heteroatoms. The molecule has 1 N–H and O–H groups in total. The third-order valence-corrected chi connectivity index (χ3v) is 3.01. The third kappa shape index (κ3) is 3.17. The summed E-state index contributed by atoms with van der Waals surface area (Å²) in [6, 6.07) is 4.04. The van der Waals surface area contributed by atoms with Crippen molar-refractivity contribution in [1.82, 2.24) is 15.1 Å². The second kappa shape index (κ2) is 5.80. The second-order valence-electron chi connectivity index (χ2n) is 4.24. The van der Waals surface area contributed by atoms with Gasteiger partial charge in [0.1, 0.15) is 5.82 Å². The summed E-state index contributed by atoms with van der Waals surface area (Å²) in [5.41, 5.74) is 1.05. The third-order valence-electron chi connectivity index (χ3n) is 3.01. The van der Waals surface area contributed by atoms with Gasteiger partial charge in [-0.3, -0.25) is 0 Å². The largest absolute Gasteiger partial charge is 0.367 e. The molecule has 1 aliphatic heterocycles. The number of hydrogen-bond donors (Lipinski definition) is 1. The number of aryl methyl sites for hydroxylation is 1. The number of aromatic nitrogens is 2. The van der Waals surface area contributed by atoms with Crippen LogP contribution in [0.4, 0.5) is 5.82 Å². The fourth-order valence-corrected chi connectivity index (χ4v) is 1.99. The molecule has 0 spiro atoms. The minimum atomic E-state index is 0.886. The molecule has 1 fully saturated rings. The number of nitrogens with zero attached hydrogens (tertiary/aromatic N) is 3. The molecule has 0 aliphatic carbocycles. The van der Waals surface area contributed by atoms with Gasteiger partial charge in [-0.1, -0.05) is 6.92 Å². The minimum absolute atomic E-state index is 0.886. The van der Waals surface area contributed by atoms with Crippen LogP contribution in [0.3, 0.4) is 0 Å². The Hall–Kier alpha value is -1.16. The molecule has 0 aromatic carbocycles. The van der Waals surface area contributed by atoms with Gasteiger partial charge in [0, 0.05) is 13.1 Å². The van der Waals surface area contributed by atoms with Crippen LogP contribution >= 0.6 is 0 Å². The van der Waals surface area contributed by atoms with Crippen LogP contribution in [0.1, 0.15) is 25.5 Å². The van der Waals surface area contributed by atoms with Crippen molar-refractivity contribution in [2.45, 2.75) is 26.2 Å². The Bertz CT molecular complexity index is 303. The maximum atomic E-state index is 4.13. The van der Waals surface area contributed by atoms with Crippen molar-refractivity contribution in [3.63, 3.8) is 0 Å². The quantitative estimate of drug-likeness (QED) is 0.817. The van der Waals surface area contributed by atoms with Crippen LogP contribution in [0.5, 0.6) is 0 Å². The number of likely N-dealkylation sites (tertiary alicyclic amines) is 1. The van der Waals surface area contributed by atoms with Gasteiger partial charge in [0.15, 0.2) is 0 Å². The van der Waals surface area contributed by atoms with E-state index in [0.29, 0.717) is 0 Å². The van der Waals surface area contributed by atoms with Crippen molar-refractivity contribution in [3.05, 3.63) is 17.8 Å². The highest BCUT2D eigenvalue weighted by Crippen LogP contribution is 2.07. The lowest BCUT2D eigenvalue weighted by atomic mass is 10.3. The van der Waals surface area contributed by atoms with Gasteiger partial charge in [-0.25, -0.2) is 0 Å². The Kier molecular flexibility index (Phi) is 4.10. The molecule has 0 unspecified atom stereocenters. The van der Waals surface area contributed by atoms with Gasteiger partial charge in [0.2, 0.25) is 0 Å².